The zero-order chi connectivity index (χ0) is 15.2. The Balaban J connectivity index is 2.13. The van der Waals surface area contributed by atoms with E-state index in [1.165, 1.54) is 0 Å². The summed E-state index contributed by atoms with van der Waals surface area (Å²) in [6.07, 6.45) is 3.40. The van der Waals surface area contributed by atoms with Gasteiger partial charge in [-0.15, -0.1) is 0 Å². The normalized spacial score (nSPS) is 11.7. The van der Waals surface area contributed by atoms with Crippen LogP contribution in [0.25, 0.3) is 0 Å². The summed E-state index contributed by atoms with van der Waals surface area (Å²) < 4.78 is 5.40. The van der Waals surface area contributed by atoms with Gasteiger partial charge in [-0.3, -0.25) is 9.78 Å². The molecule has 0 fully saturated rings. The molecule has 0 aliphatic carbocycles. The Morgan fingerprint density at radius 1 is 1.33 bits per heavy atom. The summed E-state index contributed by atoms with van der Waals surface area (Å²) in [6.45, 7) is 4.33. The highest BCUT2D eigenvalue weighted by atomic mass is 16.5. The Hall–Kier alpha value is -2.56. The van der Waals surface area contributed by atoms with Crippen molar-refractivity contribution in [1.29, 1.82) is 0 Å². The van der Waals surface area contributed by atoms with E-state index in [1.807, 2.05) is 26.0 Å². The predicted molar refractivity (Wildman–Crippen MR) is 82.1 cm³/mol. The van der Waals surface area contributed by atoms with E-state index in [1.54, 1.807) is 30.6 Å². The third kappa shape index (κ3) is 3.95. The number of carbonyl (C=O) groups excluding carboxylic acids is 1. The first-order chi connectivity index (χ1) is 10.1. The van der Waals surface area contributed by atoms with Crippen LogP contribution in [0.2, 0.25) is 0 Å². The third-order valence-electron chi connectivity index (χ3n) is 3.06. The molecule has 0 aliphatic heterocycles. The van der Waals surface area contributed by atoms with Gasteiger partial charge in [-0.1, -0.05) is 0 Å². The average molecular weight is 285 g/mol. The van der Waals surface area contributed by atoms with Crippen LogP contribution in [0.4, 0.5) is 5.69 Å². The number of hydrogen-bond donors (Lipinski definition) is 2. The monoisotopic (exact) mass is 285 g/mol. The Kier molecular flexibility index (Phi) is 4.77. The van der Waals surface area contributed by atoms with Crippen molar-refractivity contribution in [3.05, 3.63) is 53.9 Å². The summed E-state index contributed by atoms with van der Waals surface area (Å²) in [7, 11) is 0. The Bertz CT molecular complexity index is 614. The predicted octanol–water partition coefficient (Wildman–Crippen LogP) is 2.55. The van der Waals surface area contributed by atoms with Gasteiger partial charge in [0.15, 0.2) is 0 Å². The second-order valence-electron chi connectivity index (χ2n) is 4.70. The van der Waals surface area contributed by atoms with Gasteiger partial charge in [0.25, 0.3) is 5.91 Å². The van der Waals surface area contributed by atoms with E-state index in [4.69, 9.17) is 10.5 Å². The molecule has 21 heavy (non-hydrogen) atoms. The van der Waals surface area contributed by atoms with Crippen molar-refractivity contribution < 1.29 is 9.53 Å². The zero-order valence-corrected chi connectivity index (χ0v) is 12.2. The summed E-state index contributed by atoms with van der Waals surface area (Å²) in [6, 6.07) is 8.65. The fourth-order valence-electron chi connectivity index (χ4n) is 2.02. The highest BCUT2D eigenvalue weighted by molar-refractivity contribution is 5.95. The van der Waals surface area contributed by atoms with Gasteiger partial charge in [-0.05, 0) is 43.7 Å². The summed E-state index contributed by atoms with van der Waals surface area (Å²) in [5.74, 6) is 0.409. The topological polar surface area (TPSA) is 77.2 Å². The number of nitrogens with one attached hydrogen (secondary N) is 1. The van der Waals surface area contributed by atoms with Crippen LogP contribution in [-0.2, 0) is 0 Å². The molecule has 1 amide bonds. The number of anilines is 1. The maximum Gasteiger partial charge on any atom is 0.251 e. The maximum atomic E-state index is 12.3. The molecule has 0 spiro atoms. The molecule has 110 valence electrons. The van der Waals surface area contributed by atoms with Crippen molar-refractivity contribution >= 4 is 11.6 Å². The summed E-state index contributed by atoms with van der Waals surface area (Å²) in [4.78, 5) is 16.3. The van der Waals surface area contributed by atoms with E-state index < -0.39 is 0 Å². The van der Waals surface area contributed by atoms with Crippen molar-refractivity contribution in [2.24, 2.45) is 0 Å². The van der Waals surface area contributed by atoms with Gasteiger partial charge in [-0.2, -0.15) is 0 Å². The number of aromatic nitrogens is 1. The maximum absolute atomic E-state index is 12.3. The molecule has 0 saturated carbocycles. The van der Waals surface area contributed by atoms with Crippen molar-refractivity contribution in [2.45, 2.75) is 19.9 Å². The van der Waals surface area contributed by atoms with Gasteiger partial charge in [0.2, 0.25) is 0 Å². The Labute approximate surface area is 124 Å². The lowest BCUT2D eigenvalue weighted by Crippen LogP contribution is -2.26. The Morgan fingerprint density at radius 3 is 2.71 bits per heavy atom. The van der Waals surface area contributed by atoms with Crippen LogP contribution in [0.1, 0.15) is 35.8 Å². The SMILES string of the molecule is CCOc1cc(N)cc(C(=O)NC(C)c2ccncc2)c1. The lowest BCUT2D eigenvalue weighted by atomic mass is 10.1. The first-order valence-electron chi connectivity index (χ1n) is 6.84. The van der Waals surface area contributed by atoms with E-state index >= 15 is 0 Å². The van der Waals surface area contributed by atoms with Crippen LogP contribution in [0.3, 0.4) is 0 Å². The van der Waals surface area contributed by atoms with Gasteiger partial charge in [0, 0.05) is 29.7 Å². The number of hydrogen-bond acceptors (Lipinski definition) is 4. The van der Waals surface area contributed by atoms with Gasteiger partial charge >= 0.3 is 0 Å². The minimum absolute atomic E-state index is 0.113. The van der Waals surface area contributed by atoms with E-state index in [2.05, 4.69) is 10.3 Å². The largest absolute Gasteiger partial charge is 0.494 e. The number of benzene rings is 1. The molecule has 0 saturated heterocycles. The zero-order valence-electron chi connectivity index (χ0n) is 12.2. The molecule has 3 N–H and O–H groups in total. The number of nitrogens with zero attached hydrogens (tertiary/aromatic N) is 1. The molecule has 1 atom stereocenters. The molecule has 1 heterocycles. The van der Waals surface area contributed by atoms with Crippen LogP contribution in [-0.4, -0.2) is 17.5 Å². The fraction of sp³-hybridized carbons (Fsp3) is 0.250. The number of pyridine rings is 1. The van der Waals surface area contributed by atoms with Crippen LogP contribution >= 0.6 is 0 Å². The van der Waals surface area contributed by atoms with Crippen molar-refractivity contribution in [3.63, 3.8) is 0 Å². The number of amides is 1. The van der Waals surface area contributed by atoms with Gasteiger partial charge in [-0.25, -0.2) is 0 Å². The summed E-state index contributed by atoms with van der Waals surface area (Å²) in [5.41, 5.74) is 7.78. The smallest absolute Gasteiger partial charge is 0.251 e. The highest BCUT2D eigenvalue weighted by Crippen LogP contribution is 2.20. The fourth-order valence-corrected chi connectivity index (χ4v) is 2.02. The molecule has 2 aromatic rings. The molecular formula is C16H19N3O2. The molecule has 1 aromatic carbocycles. The van der Waals surface area contributed by atoms with Crippen LogP contribution < -0.4 is 15.8 Å². The number of nitrogens with two attached hydrogens (primary N) is 1. The average Bonchev–Trinajstić information content (AvgIpc) is 2.48. The van der Waals surface area contributed by atoms with Gasteiger partial charge in [0.05, 0.1) is 12.6 Å². The number of ether oxygens (including phenoxy) is 1. The summed E-state index contributed by atoms with van der Waals surface area (Å²) >= 11 is 0. The first-order valence-corrected chi connectivity index (χ1v) is 6.84. The molecule has 0 aliphatic rings. The van der Waals surface area contributed by atoms with Crippen LogP contribution in [0.15, 0.2) is 42.7 Å². The molecule has 5 heteroatoms. The highest BCUT2D eigenvalue weighted by Gasteiger charge is 2.13. The van der Waals surface area contributed by atoms with Crippen molar-refractivity contribution in [2.75, 3.05) is 12.3 Å². The lowest BCUT2D eigenvalue weighted by molar-refractivity contribution is 0.0939. The van der Waals surface area contributed by atoms with Crippen LogP contribution in [0.5, 0.6) is 5.75 Å². The third-order valence-corrected chi connectivity index (χ3v) is 3.06. The van der Waals surface area contributed by atoms with Gasteiger partial charge in [0.1, 0.15) is 5.75 Å². The minimum atomic E-state index is -0.187. The number of rotatable bonds is 5. The van der Waals surface area contributed by atoms with Crippen LogP contribution in [0, 0.1) is 0 Å². The first kappa shape index (κ1) is 14.8. The standard InChI is InChI=1S/C16H19N3O2/c1-3-21-15-9-13(8-14(17)10-15)16(20)19-11(2)12-4-6-18-7-5-12/h4-11H,3,17H2,1-2H3,(H,19,20). The molecule has 0 bridgehead atoms. The van der Waals surface area contributed by atoms with Gasteiger partial charge < -0.3 is 15.8 Å². The number of carbonyl (C=O) groups is 1. The molecule has 0 radical (unpaired) electrons. The van der Waals surface area contributed by atoms with E-state index in [0.717, 1.165) is 5.56 Å². The van der Waals surface area contributed by atoms with Crippen molar-refractivity contribution in [1.82, 2.24) is 10.3 Å². The van der Waals surface area contributed by atoms with Crippen molar-refractivity contribution in [3.8, 4) is 5.75 Å². The quantitative estimate of drug-likeness (QED) is 0.828. The second-order valence-corrected chi connectivity index (χ2v) is 4.70. The Morgan fingerprint density at radius 2 is 2.05 bits per heavy atom. The molecule has 5 nitrogen and oxygen atoms in total. The number of nitrogen functional groups attached to an aromatic ring is 1. The lowest BCUT2D eigenvalue weighted by Gasteiger charge is -2.15. The second kappa shape index (κ2) is 6.74. The minimum Gasteiger partial charge on any atom is -0.494 e. The van der Waals surface area contributed by atoms with E-state index in [9.17, 15) is 4.79 Å². The molecular weight excluding hydrogens is 266 g/mol. The summed E-state index contributed by atoms with van der Waals surface area (Å²) in [5, 5.41) is 2.93. The van der Waals surface area contributed by atoms with E-state index in [0.29, 0.717) is 23.6 Å². The molecule has 2 rings (SSSR count). The molecule has 1 aromatic heterocycles. The molecule has 1 unspecified atom stereocenters. The van der Waals surface area contributed by atoms with E-state index in [-0.39, 0.29) is 11.9 Å².